The van der Waals surface area contributed by atoms with Gasteiger partial charge in [0.1, 0.15) is 0 Å². The number of nitrogens with one attached hydrogen (secondary N) is 2. The van der Waals surface area contributed by atoms with Crippen molar-refractivity contribution in [1.82, 2.24) is 5.32 Å². The number of amides is 1. The lowest BCUT2D eigenvalue weighted by Gasteiger charge is -2.22. The summed E-state index contributed by atoms with van der Waals surface area (Å²) in [6, 6.07) is 5.57. The molecule has 23 heavy (non-hydrogen) atoms. The molecular weight excluding hydrogens is 356 g/mol. The summed E-state index contributed by atoms with van der Waals surface area (Å²) >= 11 is 1.85. The van der Waals surface area contributed by atoms with Crippen LogP contribution >= 0.6 is 24.2 Å². The topological polar surface area (TPSA) is 75.3 Å². The highest BCUT2D eigenvalue weighted by molar-refractivity contribution is 7.99. The maximum Gasteiger partial charge on any atom is 0.225 e. The van der Waals surface area contributed by atoms with E-state index in [9.17, 15) is 13.2 Å². The van der Waals surface area contributed by atoms with Gasteiger partial charge in [0, 0.05) is 42.5 Å². The van der Waals surface area contributed by atoms with E-state index < -0.39 is 9.84 Å². The van der Waals surface area contributed by atoms with Crippen LogP contribution in [0.5, 0.6) is 0 Å². The lowest BCUT2D eigenvalue weighted by atomic mass is 10.1. The number of carbonyl (C=O) groups is 1. The summed E-state index contributed by atoms with van der Waals surface area (Å²) in [5.74, 6) is 1.98. The summed E-state index contributed by atoms with van der Waals surface area (Å²) in [6.45, 7) is 2.77. The number of hydrogen-bond acceptors (Lipinski definition) is 5. The fourth-order valence-electron chi connectivity index (χ4n) is 2.43. The molecule has 2 N–H and O–H groups in total. The molecule has 1 fully saturated rings. The van der Waals surface area contributed by atoms with Gasteiger partial charge in [-0.3, -0.25) is 4.79 Å². The van der Waals surface area contributed by atoms with Crippen molar-refractivity contribution in [3.05, 3.63) is 29.3 Å². The van der Waals surface area contributed by atoms with Gasteiger partial charge in [-0.1, -0.05) is 12.1 Å². The van der Waals surface area contributed by atoms with E-state index in [1.807, 2.05) is 24.8 Å². The molecule has 0 radical (unpaired) electrons. The number of sulfone groups is 1. The van der Waals surface area contributed by atoms with Crippen LogP contribution in [0, 0.1) is 6.92 Å². The Labute approximate surface area is 148 Å². The molecule has 0 bridgehead atoms. The zero-order chi connectivity index (χ0) is 16.2. The molecule has 1 saturated heterocycles. The van der Waals surface area contributed by atoms with Crippen molar-refractivity contribution in [3.63, 3.8) is 0 Å². The second-order valence-electron chi connectivity index (χ2n) is 5.64. The van der Waals surface area contributed by atoms with Gasteiger partial charge in [-0.15, -0.1) is 12.4 Å². The highest BCUT2D eigenvalue weighted by Crippen LogP contribution is 2.21. The van der Waals surface area contributed by atoms with Crippen molar-refractivity contribution in [1.29, 1.82) is 0 Å². The minimum Gasteiger partial charge on any atom is -0.326 e. The maximum absolute atomic E-state index is 12.2. The third-order valence-corrected chi connectivity index (χ3v) is 5.53. The van der Waals surface area contributed by atoms with E-state index >= 15 is 0 Å². The molecule has 1 aromatic rings. The molecule has 130 valence electrons. The lowest BCUT2D eigenvalue weighted by Crippen LogP contribution is -2.39. The lowest BCUT2D eigenvalue weighted by molar-refractivity contribution is -0.116. The molecule has 0 saturated carbocycles. The average molecular weight is 379 g/mol. The van der Waals surface area contributed by atoms with Gasteiger partial charge < -0.3 is 10.6 Å². The Morgan fingerprint density at radius 1 is 1.43 bits per heavy atom. The van der Waals surface area contributed by atoms with E-state index in [-0.39, 0.29) is 30.1 Å². The fraction of sp³-hybridized carbons (Fsp3) is 0.533. The van der Waals surface area contributed by atoms with Gasteiger partial charge >= 0.3 is 0 Å². The first-order valence-corrected chi connectivity index (χ1v) is 10.4. The van der Waals surface area contributed by atoms with Crippen molar-refractivity contribution in [3.8, 4) is 0 Å². The van der Waals surface area contributed by atoms with Gasteiger partial charge in [0.2, 0.25) is 5.91 Å². The number of anilines is 1. The van der Waals surface area contributed by atoms with Gasteiger partial charge in [-0.05, 0) is 24.1 Å². The zero-order valence-electron chi connectivity index (χ0n) is 13.3. The van der Waals surface area contributed by atoms with Gasteiger partial charge in [-0.25, -0.2) is 8.42 Å². The van der Waals surface area contributed by atoms with Crippen LogP contribution in [-0.2, 0) is 20.4 Å². The van der Waals surface area contributed by atoms with Crippen LogP contribution in [0.4, 0.5) is 5.69 Å². The third kappa shape index (κ3) is 6.71. The van der Waals surface area contributed by atoms with Gasteiger partial charge in [0.15, 0.2) is 9.84 Å². The van der Waals surface area contributed by atoms with E-state index in [1.54, 1.807) is 12.1 Å². The summed E-state index contributed by atoms with van der Waals surface area (Å²) in [5, 5.41) is 6.23. The molecular formula is C15H23ClN2O3S2. The second-order valence-corrected chi connectivity index (χ2v) is 8.93. The number of benzene rings is 1. The Bertz CT molecular complexity index is 644. The second kappa shape index (κ2) is 8.92. The minimum absolute atomic E-state index is 0. The molecule has 0 spiro atoms. The fourth-order valence-corrected chi connectivity index (χ4v) is 4.26. The predicted molar refractivity (Wildman–Crippen MR) is 99.3 cm³/mol. The average Bonchev–Trinajstić information content (AvgIpc) is 2.43. The summed E-state index contributed by atoms with van der Waals surface area (Å²) in [4.78, 5) is 12.2. The number of thioether (sulfide) groups is 1. The number of rotatable bonds is 5. The monoisotopic (exact) mass is 378 g/mol. The highest BCUT2D eigenvalue weighted by atomic mass is 35.5. The van der Waals surface area contributed by atoms with E-state index in [0.29, 0.717) is 12.1 Å². The van der Waals surface area contributed by atoms with E-state index in [1.165, 1.54) is 6.26 Å². The Balaban J connectivity index is 0.00000264. The van der Waals surface area contributed by atoms with Crippen molar-refractivity contribution in [2.24, 2.45) is 0 Å². The first-order chi connectivity index (χ1) is 10.3. The molecule has 1 heterocycles. The minimum atomic E-state index is -3.09. The largest absolute Gasteiger partial charge is 0.326 e. The Kier molecular flexibility index (Phi) is 7.86. The van der Waals surface area contributed by atoms with Crippen LogP contribution < -0.4 is 10.6 Å². The quantitative estimate of drug-likeness (QED) is 0.819. The van der Waals surface area contributed by atoms with Gasteiger partial charge in [0.05, 0.1) is 5.75 Å². The summed E-state index contributed by atoms with van der Waals surface area (Å²) in [5.41, 5.74) is 2.23. The Morgan fingerprint density at radius 3 is 2.78 bits per heavy atom. The number of halogens is 1. The van der Waals surface area contributed by atoms with Crippen LogP contribution in [-0.4, -0.2) is 44.7 Å². The summed E-state index contributed by atoms with van der Waals surface area (Å²) < 4.78 is 22.9. The van der Waals surface area contributed by atoms with Gasteiger partial charge in [-0.2, -0.15) is 11.8 Å². The molecule has 1 aromatic carbocycles. The molecule has 8 heteroatoms. The molecule has 1 unspecified atom stereocenters. The molecule has 1 atom stereocenters. The molecule has 0 aliphatic carbocycles. The summed E-state index contributed by atoms with van der Waals surface area (Å²) in [7, 11) is -3.09. The van der Waals surface area contributed by atoms with Crippen LogP contribution in [0.1, 0.15) is 17.5 Å². The predicted octanol–water partition coefficient (Wildman–Crippen LogP) is 2.00. The summed E-state index contributed by atoms with van der Waals surface area (Å²) in [6.07, 6.45) is 1.65. The van der Waals surface area contributed by atoms with E-state index in [0.717, 1.165) is 29.2 Å². The smallest absolute Gasteiger partial charge is 0.225 e. The van der Waals surface area contributed by atoms with E-state index in [2.05, 4.69) is 10.6 Å². The van der Waals surface area contributed by atoms with Crippen LogP contribution in [0.25, 0.3) is 0 Å². The van der Waals surface area contributed by atoms with Crippen molar-refractivity contribution in [2.45, 2.75) is 25.1 Å². The van der Waals surface area contributed by atoms with Crippen LogP contribution in [0.3, 0.4) is 0 Å². The maximum atomic E-state index is 12.2. The number of carbonyl (C=O) groups excluding carboxylic acids is 1. The first kappa shape index (κ1) is 20.3. The van der Waals surface area contributed by atoms with Gasteiger partial charge in [0.25, 0.3) is 0 Å². The molecule has 2 rings (SSSR count). The Morgan fingerprint density at radius 2 is 2.17 bits per heavy atom. The third-order valence-electron chi connectivity index (χ3n) is 3.57. The van der Waals surface area contributed by atoms with Crippen molar-refractivity contribution in [2.75, 3.05) is 29.6 Å². The zero-order valence-corrected chi connectivity index (χ0v) is 15.7. The molecule has 1 aliphatic rings. The van der Waals surface area contributed by atoms with Crippen molar-refractivity contribution < 1.29 is 13.2 Å². The molecule has 0 aromatic heterocycles. The first-order valence-electron chi connectivity index (χ1n) is 7.22. The van der Waals surface area contributed by atoms with Crippen LogP contribution in [0.2, 0.25) is 0 Å². The van der Waals surface area contributed by atoms with Crippen molar-refractivity contribution >= 4 is 45.6 Å². The number of hydrogen-bond donors (Lipinski definition) is 2. The molecule has 1 amide bonds. The standard InChI is InChI=1S/C15H22N2O3S2.ClH/c1-11-12(10-22(2,19)20)4-3-5-14(11)17-15(18)8-13-9-21-7-6-16-13;/h3-5,13,16H,6-10H2,1-2H3,(H,17,18);1H. The van der Waals surface area contributed by atoms with Crippen LogP contribution in [0.15, 0.2) is 18.2 Å². The highest BCUT2D eigenvalue weighted by Gasteiger charge is 2.17. The molecule has 1 aliphatic heterocycles. The SMILES string of the molecule is Cc1c(CS(C)(=O)=O)cccc1NC(=O)CC1CSCCN1.Cl. The van der Waals surface area contributed by atoms with E-state index in [4.69, 9.17) is 0 Å². The molecule has 5 nitrogen and oxygen atoms in total. The normalized spacial score (nSPS) is 18.1. The Hall–Kier alpha value is -0.760.